The molecule has 7 heteroatoms. The van der Waals surface area contributed by atoms with E-state index in [4.69, 9.17) is 23.2 Å². The van der Waals surface area contributed by atoms with Gasteiger partial charge in [0.2, 0.25) is 0 Å². The van der Waals surface area contributed by atoms with Gasteiger partial charge in [-0.15, -0.1) is 11.3 Å². The zero-order chi connectivity index (χ0) is 19.1. The second kappa shape index (κ2) is 7.38. The maximum absolute atomic E-state index is 13.2. The minimum absolute atomic E-state index is 0.153. The zero-order valence-electron chi connectivity index (χ0n) is 14.7. The summed E-state index contributed by atoms with van der Waals surface area (Å²) >= 11 is 13.7. The number of hydrogen-bond donors (Lipinski definition) is 0. The fraction of sp³-hybridized carbons (Fsp3) is 0.350. The van der Waals surface area contributed by atoms with Crippen molar-refractivity contribution in [2.75, 3.05) is 0 Å². The Hall–Kier alpha value is -1.69. The number of thiazole rings is 1. The van der Waals surface area contributed by atoms with E-state index in [2.05, 4.69) is 4.98 Å². The topological polar surface area (TPSA) is 50.3 Å². The lowest BCUT2D eigenvalue weighted by molar-refractivity contribution is -0.125. The Kier molecular flexibility index (Phi) is 5.10. The van der Waals surface area contributed by atoms with Crippen molar-refractivity contribution in [3.63, 3.8) is 0 Å². The van der Waals surface area contributed by atoms with Crippen molar-refractivity contribution in [1.82, 2.24) is 9.88 Å². The maximum atomic E-state index is 13.2. The summed E-state index contributed by atoms with van der Waals surface area (Å²) in [5, 5.41) is 3.28. The summed E-state index contributed by atoms with van der Waals surface area (Å²) in [7, 11) is 0. The van der Waals surface area contributed by atoms with Crippen LogP contribution >= 0.6 is 34.5 Å². The van der Waals surface area contributed by atoms with Crippen molar-refractivity contribution in [1.29, 1.82) is 0 Å². The molecule has 1 aromatic heterocycles. The quantitative estimate of drug-likeness (QED) is 0.634. The van der Waals surface area contributed by atoms with Gasteiger partial charge in [0.1, 0.15) is 16.5 Å². The molecule has 2 aliphatic rings. The van der Waals surface area contributed by atoms with E-state index in [1.807, 2.05) is 25.1 Å². The Morgan fingerprint density at radius 1 is 1.33 bits per heavy atom. The number of ketones is 1. The van der Waals surface area contributed by atoms with Gasteiger partial charge < -0.3 is 4.90 Å². The Bertz CT molecular complexity index is 953. The minimum atomic E-state index is -0.162. The molecule has 140 valence electrons. The molecule has 0 N–H and O–H groups in total. The van der Waals surface area contributed by atoms with E-state index in [0.29, 0.717) is 32.7 Å². The number of benzene rings is 1. The molecule has 4 nitrogen and oxygen atoms in total. The van der Waals surface area contributed by atoms with Crippen LogP contribution in [0.4, 0.5) is 0 Å². The van der Waals surface area contributed by atoms with Crippen LogP contribution in [0.2, 0.25) is 10.0 Å². The molecule has 4 rings (SSSR count). The first-order valence-corrected chi connectivity index (χ1v) is 10.6. The summed E-state index contributed by atoms with van der Waals surface area (Å²) in [6.07, 6.45) is 5.15. The molecule has 2 unspecified atom stereocenters. The zero-order valence-corrected chi connectivity index (χ0v) is 17.1. The van der Waals surface area contributed by atoms with Crippen molar-refractivity contribution < 1.29 is 9.59 Å². The van der Waals surface area contributed by atoms with Crippen LogP contribution in [0.15, 0.2) is 35.4 Å². The third kappa shape index (κ3) is 3.33. The molecular weight excluding hydrogens is 403 g/mol. The van der Waals surface area contributed by atoms with Crippen molar-refractivity contribution >= 4 is 46.2 Å². The number of likely N-dealkylation sites (tertiary alicyclic amines) is 1. The summed E-state index contributed by atoms with van der Waals surface area (Å²) in [4.78, 5) is 31.9. The molecule has 0 bridgehead atoms. The van der Waals surface area contributed by atoms with E-state index in [1.54, 1.807) is 16.3 Å². The van der Waals surface area contributed by atoms with E-state index < -0.39 is 0 Å². The number of allylic oxidation sites excluding steroid dienone is 2. The number of hydrogen-bond acceptors (Lipinski definition) is 4. The second-order valence-corrected chi connectivity index (χ2v) is 8.59. The molecular formula is C20H18Cl2N2O2S. The van der Waals surface area contributed by atoms with Gasteiger partial charge in [-0.05, 0) is 32.3 Å². The number of nitrogens with zero attached hydrogens (tertiary/aromatic N) is 2. The van der Waals surface area contributed by atoms with Gasteiger partial charge in [-0.2, -0.15) is 0 Å². The SMILES string of the molecule is CC1CC(=O)C2CCCC=C2N1C(=O)c1csc(-c2cccc(Cl)c2Cl)n1. The molecule has 1 aliphatic heterocycles. The van der Waals surface area contributed by atoms with E-state index >= 15 is 0 Å². The predicted octanol–water partition coefficient (Wildman–Crippen LogP) is 5.60. The van der Waals surface area contributed by atoms with Gasteiger partial charge in [0.05, 0.1) is 16.0 Å². The van der Waals surface area contributed by atoms with Crippen molar-refractivity contribution in [2.45, 2.75) is 38.6 Å². The summed E-state index contributed by atoms with van der Waals surface area (Å²) in [6, 6.07) is 5.20. The smallest absolute Gasteiger partial charge is 0.277 e. The van der Waals surface area contributed by atoms with Gasteiger partial charge in [-0.1, -0.05) is 41.4 Å². The number of fused-ring (bicyclic) bond motifs is 1. The monoisotopic (exact) mass is 420 g/mol. The maximum Gasteiger partial charge on any atom is 0.277 e. The highest BCUT2D eigenvalue weighted by atomic mass is 35.5. The van der Waals surface area contributed by atoms with Gasteiger partial charge in [0, 0.05) is 29.1 Å². The second-order valence-electron chi connectivity index (χ2n) is 6.95. The highest BCUT2D eigenvalue weighted by Gasteiger charge is 2.40. The number of piperidine rings is 1. The molecule has 2 atom stereocenters. The number of aromatic nitrogens is 1. The molecule has 1 aliphatic carbocycles. The summed E-state index contributed by atoms with van der Waals surface area (Å²) < 4.78 is 0. The average molecular weight is 421 g/mol. The molecule has 2 aromatic rings. The number of Topliss-reactive ketones (excluding diaryl/α,β-unsaturated/α-hetero) is 1. The van der Waals surface area contributed by atoms with Crippen LogP contribution in [0.5, 0.6) is 0 Å². The van der Waals surface area contributed by atoms with Gasteiger partial charge in [-0.3, -0.25) is 9.59 Å². The minimum Gasteiger partial charge on any atom is -0.307 e. The Labute approximate surface area is 171 Å². The average Bonchev–Trinajstić information content (AvgIpc) is 3.14. The van der Waals surface area contributed by atoms with Crippen LogP contribution in [0.1, 0.15) is 43.1 Å². The van der Waals surface area contributed by atoms with Gasteiger partial charge >= 0.3 is 0 Å². The standard InChI is InChI=1S/C20H18Cl2N2O2S/c1-11-9-17(25)12-5-2-3-8-16(12)24(11)20(26)15-10-27-19(23-15)13-6-4-7-14(21)18(13)22/h4,6-8,10-12H,2-3,5,9H2,1H3. The third-order valence-electron chi connectivity index (χ3n) is 5.14. The lowest BCUT2D eigenvalue weighted by Gasteiger charge is -2.41. The molecule has 27 heavy (non-hydrogen) atoms. The first kappa shape index (κ1) is 18.7. The first-order chi connectivity index (χ1) is 13.0. The summed E-state index contributed by atoms with van der Waals surface area (Å²) in [5.41, 5.74) is 1.94. The lowest BCUT2D eigenvalue weighted by atomic mass is 9.81. The molecule has 1 saturated heterocycles. The van der Waals surface area contributed by atoms with Crippen LogP contribution in [0.25, 0.3) is 10.6 Å². The molecule has 0 radical (unpaired) electrons. The first-order valence-electron chi connectivity index (χ1n) is 8.93. The fourth-order valence-electron chi connectivity index (χ4n) is 3.84. The highest BCUT2D eigenvalue weighted by Crippen LogP contribution is 2.38. The lowest BCUT2D eigenvalue weighted by Crippen LogP contribution is -2.48. The van der Waals surface area contributed by atoms with Crippen LogP contribution < -0.4 is 0 Å². The highest BCUT2D eigenvalue weighted by molar-refractivity contribution is 7.13. The van der Waals surface area contributed by atoms with Crippen LogP contribution in [0, 0.1) is 5.92 Å². The normalized spacial score (nSPS) is 22.4. The van der Waals surface area contributed by atoms with Gasteiger partial charge in [0.15, 0.2) is 0 Å². The Morgan fingerprint density at radius 3 is 2.96 bits per heavy atom. The van der Waals surface area contributed by atoms with Gasteiger partial charge in [-0.25, -0.2) is 4.98 Å². The molecule has 1 aromatic carbocycles. The summed E-state index contributed by atoms with van der Waals surface area (Å²) in [5.74, 6) is -0.0737. The van der Waals surface area contributed by atoms with E-state index in [0.717, 1.165) is 25.0 Å². The number of carbonyl (C=O) groups excluding carboxylic acids is 2. The number of rotatable bonds is 2. The van der Waals surface area contributed by atoms with E-state index in [1.165, 1.54) is 11.3 Å². The Morgan fingerprint density at radius 2 is 2.15 bits per heavy atom. The predicted molar refractivity (Wildman–Crippen MR) is 108 cm³/mol. The molecule has 0 saturated carbocycles. The van der Waals surface area contributed by atoms with Crippen molar-refractivity contribution in [3.8, 4) is 10.6 Å². The van der Waals surface area contributed by atoms with Crippen LogP contribution in [0.3, 0.4) is 0 Å². The molecule has 2 heterocycles. The summed E-state index contributed by atoms with van der Waals surface area (Å²) in [6.45, 7) is 1.92. The third-order valence-corrected chi connectivity index (χ3v) is 6.83. The Balaban J connectivity index is 1.67. The van der Waals surface area contributed by atoms with E-state index in [-0.39, 0.29) is 23.7 Å². The number of carbonyl (C=O) groups is 2. The number of halogens is 2. The van der Waals surface area contributed by atoms with Crippen molar-refractivity contribution in [3.05, 3.63) is 51.1 Å². The molecule has 1 fully saturated rings. The number of amides is 1. The molecule has 1 amide bonds. The van der Waals surface area contributed by atoms with Crippen LogP contribution in [-0.2, 0) is 4.79 Å². The van der Waals surface area contributed by atoms with Crippen LogP contribution in [-0.4, -0.2) is 27.6 Å². The van der Waals surface area contributed by atoms with Crippen molar-refractivity contribution in [2.24, 2.45) is 5.92 Å². The van der Waals surface area contributed by atoms with Gasteiger partial charge in [0.25, 0.3) is 5.91 Å². The largest absolute Gasteiger partial charge is 0.307 e. The van der Waals surface area contributed by atoms with E-state index in [9.17, 15) is 9.59 Å². The molecule has 0 spiro atoms. The fourth-order valence-corrected chi connectivity index (χ4v) is 5.11.